The van der Waals surface area contributed by atoms with Gasteiger partial charge in [-0.1, -0.05) is 0 Å². The van der Waals surface area contributed by atoms with E-state index in [9.17, 15) is 49.0 Å². The van der Waals surface area contributed by atoms with E-state index in [0.717, 1.165) is 23.5 Å². The molecule has 8 atom stereocenters. The predicted octanol–water partition coefficient (Wildman–Crippen LogP) is -5.01. The molecule has 8 rings (SSSR count). The van der Waals surface area contributed by atoms with Crippen LogP contribution in [-0.4, -0.2) is 168 Å². The number of hydrogen-bond acceptors (Lipinski definition) is 25. The summed E-state index contributed by atoms with van der Waals surface area (Å²) in [5.74, 6) is -1.82. The van der Waals surface area contributed by atoms with E-state index in [1.807, 2.05) is 0 Å². The van der Waals surface area contributed by atoms with E-state index in [1.165, 1.54) is 9.13 Å². The summed E-state index contributed by atoms with van der Waals surface area (Å²) in [6, 6.07) is 0. The van der Waals surface area contributed by atoms with Crippen molar-refractivity contribution in [2.24, 2.45) is 0 Å². The van der Waals surface area contributed by atoms with Gasteiger partial charge in [0, 0.05) is 0 Å². The molecule has 4 saturated heterocycles. The average molecular weight is 943 g/mol. The van der Waals surface area contributed by atoms with Crippen LogP contribution >= 0.6 is 39.9 Å². The monoisotopic (exact) mass is 942 g/mol. The second kappa shape index (κ2) is 17.4. The Morgan fingerprint density at radius 2 is 1.15 bits per heavy atom. The number of imidazole rings is 2. The Balaban J connectivity index is 0.802. The number of anilines is 2. The van der Waals surface area contributed by atoms with Crippen molar-refractivity contribution < 1.29 is 71.7 Å². The van der Waals surface area contributed by atoms with E-state index < -0.39 is 88.4 Å². The zero-order chi connectivity index (χ0) is 43.4. The maximum atomic E-state index is 12.8. The van der Waals surface area contributed by atoms with Crippen LogP contribution < -0.4 is 33.2 Å². The minimum absolute atomic E-state index is 0.0563. The molecule has 0 aliphatic carbocycles. The average Bonchev–Trinajstić information content (AvgIpc) is 3.92. The number of aliphatic hydroxyl groups excluding tert-OH is 2. The summed E-state index contributed by atoms with van der Waals surface area (Å²) in [4.78, 5) is 112. The van der Waals surface area contributed by atoms with Crippen molar-refractivity contribution in [1.29, 1.82) is 0 Å². The van der Waals surface area contributed by atoms with Gasteiger partial charge in [0.1, 0.15) is 0 Å². The summed E-state index contributed by atoms with van der Waals surface area (Å²) in [6.45, 7) is -0.283. The van der Waals surface area contributed by atoms with Crippen molar-refractivity contribution in [2.75, 3.05) is 62.5 Å². The van der Waals surface area contributed by atoms with Crippen LogP contribution in [0.3, 0.4) is 0 Å². The number of aliphatic hydroxyl groups is 2. The van der Waals surface area contributed by atoms with Crippen LogP contribution in [0, 0.1) is 0 Å². The van der Waals surface area contributed by atoms with Gasteiger partial charge in [0.15, 0.2) is 0 Å². The number of thioether (sulfide) groups is 2. The minimum atomic E-state index is -4.50. The zero-order valence-corrected chi connectivity index (χ0v) is 34.7. The molecule has 14 N–H and O–H groups in total. The summed E-state index contributed by atoms with van der Waals surface area (Å²) < 4.78 is 40.1. The van der Waals surface area contributed by atoms with Crippen LogP contribution in [0.4, 0.5) is 11.9 Å². The van der Waals surface area contributed by atoms with Crippen LogP contribution in [0.5, 0.6) is 0 Å². The van der Waals surface area contributed by atoms with Crippen molar-refractivity contribution in [1.82, 2.24) is 49.7 Å². The molecule has 33 heteroatoms. The van der Waals surface area contributed by atoms with E-state index in [1.54, 1.807) is 0 Å². The molecule has 4 fully saturated rings. The topological polar surface area (TPSA) is 423 Å². The number of carbonyl (C=O) groups is 2. The number of nitrogen functional groups attached to an aromatic ring is 2. The molecule has 4 aromatic heterocycles. The number of nitrogens with one attached hydrogen (secondary N) is 4. The molecule has 2 amide bonds. The molecule has 29 nitrogen and oxygen atoms in total. The molecule has 61 heavy (non-hydrogen) atoms. The van der Waals surface area contributed by atoms with Crippen LogP contribution in [0.2, 0.25) is 0 Å². The molecule has 0 saturated carbocycles. The third kappa shape index (κ3) is 9.20. The Hall–Kier alpha value is -3.72. The first-order valence-electron chi connectivity index (χ1n) is 18.1. The number of rotatable bonds is 14. The quantitative estimate of drug-likeness (QED) is 0.0320. The number of amides is 2. The number of carbonyl (C=O) groups excluding carboxylic acids is 2. The number of ether oxygens (including phenoxy) is 3. The van der Waals surface area contributed by atoms with Gasteiger partial charge < -0.3 is 4.74 Å². The Morgan fingerprint density at radius 3 is 1.56 bits per heavy atom. The van der Waals surface area contributed by atoms with Crippen molar-refractivity contribution >= 4 is 85.9 Å². The van der Waals surface area contributed by atoms with Crippen molar-refractivity contribution in [3.63, 3.8) is 0 Å². The molecule has 4 aliphatic heterocycles. The number of aromatic amines is 2. The fourth-order valence-electron chi connectivity index (χ4n) is 6.84. The Morgan fingerprint density at radius 1 is 0.738 bits per heavy atom. The van der Waals surface area contributed by atoms with Gasteiger partial charge in [-0.25, -0.2) is 0 Å². The van der Waals surface area contributed by atoms with E-state index >= 15 is 0 Å². The normalized spacial score (nSPS) is 29.0. The molecule has 0 aromatic carbocycles. The molecule has 0 radical (unpaired) electrons. The first-order chi connectivity index (χ1) is 29.0. The van der Waals surface area contributed by atoms with Crippen LogP contribution in [-0.2, 0) is 41.9 Å². The number of aromatic nitrogens is 8. The summed E-state index contributed by atoms with van der Waals surface area (Å²) in [7, 11) is -9.00. The molecule has 336 valence electrons. The van der Waals surface area contributed by atoms with Gasteiger partial charge in [-0.15, -0.1) is 0 Å². The molecule has 0 spiro atoms. The van der Waals surface area contributed by atoms with Gasteiger partial charge in [-0.3, -0.25) is 0 Å². The Bertz CT molecular complexity index is 2270. The third-order valence-corrected chi connectivity index (χ3v) is 13.6. The van der Waals surface area contributed by atoms with E-state index in [0.29, 0.717) is 0 Å². The number of nitrogens with two attached hydrogens (primary N) is 2. The molecular weight excluding hydrogens is 902 g/mol. The number of H-pyrrole nitrogens is 2. The third-order valence-electron chi connectivity index (χ3n) is 9.45. The van der Waals surface area contributed by atoms with Gasteiger partial charge in [-0.05, 0) is 0 Å². The van der Waals surface area contributed by atoms with E-state index in [-0.39, 0.29) is 95.6 Å². The van der Waals surface area contributed by atoms with Gasteiger partial charge in [0.05, 0.1) is 0 Å². The molecule has 8 heterocycles. The zero-order valence-electron chi connectivity index (χ0n) is 31.1. The molecule has 4 unspecified atom stereocenters. The van der Waals surface area contributed by atoms with E-state index in [2.05, 4.69) is 40.5 Å². The van der Waals surface area contributed by atoms with Gasteiger partial charge in [0.25, 0.3) is 0 Å². The summed E-state index contributed by atoms with van der Waals surface area (Å²) in [5.41, 5.74) is 9.73. The second-order valence-corrected chi connectivity index (χ2v) is 18.8. The first-order valence-corrected chi connectivity index (χ1v) is 23.5. The Kier molecular flexibility index (Phi) is 12.6. The van der Waals surface area contributed by atoms with Crippen molar-refractivity contribution in [2.45, 2.75) is 59.4 Å². The standard InChI is InChI=1S/C28H40N12O17P2S2/c29-25-35-19-13(21(45)37-25)33-27(39(19)23-15(43)17-9(54-23)5-52-58(47,48)56-17)60-7-11(41)31-1-3-51-4-2-32-12(42)8-61-28-34-14-20(36-26(30)38-22(14)46)40(28)24-16(44)18-10(55-24)6-53-59(49,50)57-18/h9-10,15-18,23-24,43-44,47-50,58-59H,1-8H2,(H,31,41)(H,32,42)(H3,29,35,37,45)(H3,30,36,38,46)/t9?,10?,15?,16?,17-,18-,23-,24-/m1/s1. The summed E-state index contributed by atoms with van der Waals surface area (Å²) in [5, 5.41) is 27.6. The first kappa shape index (κ1) is 43.9. The predicted molar refractivity (Wildman–Crippen MR) is 210 cm³/mol. The second-order valence-electron chi connectivity index (χ2n) is 13.7. The van der Waals surface area contributed by atoms with Crippen molar-refractivity contribution in [3.05, 3.63) is 20.7 Å². The SMILES string of the molecule is Nc1nc2c(nc(SCC(=O)NCCOCCNC(=O)CSc3nc4c(=O)[nH]c(N)nc4n3[C@@H]3OC4CO[PH](O)(O)O[C@H]4C3O)n2[C@@H]2OC3CO[PH](O)(O)O[C@H]3C2O)c(=O)[nH]1. The van der Waals surface area contributed by atoms with Crippen LogP contribution in [0.25, 0.3) is 22.3 Å². The van der Waals surface area contributed by atoms with Gasteiger partial charge in [0.2, 0.25) is 0 Å². The van der Waals surface area contributed by atoms with Crippen LogP contribution in [0.15, 0.2) is 19.9 Å². The summed E-state index contributed by atoms with van der Waals surface area (Å²) in [6.07, 6.45) is -9.72. The van der Waals surface area contributed by atoms with Gasteiger partial charge in [-0.2, -0.15) is 0 Å². The fourth-order valence-corrected chi connectivity index (χ4v) is 10.7. The Labute approximate surface area is 349 Å². The summed E-state index contributed by atoms with van der Waals surface area (Å²) >= 11 is 1.79. The number of fused-ring (bicyclic) bond motifs is 4. The molecular formula is C28H40N12O17P2S2. The van der Waals surface area contributed by atoms with E-state index in [4.69, 9.17) is 43.8 Å². The van der Waals surface area contributed by atoms with Crippen LogP contribution in [0.1, 0.15) is 12.5 Å². The molecule has 0 bridgehead atoms. The fraction of sp³-hybridized carbons (Fsp3) is 0.571. The molecule has 4 aromatic rings. The maximum absolute atomic E-state index is 12.8. The van der Waals surface area contributed by atoms with Gasteiger partial charge >= 0.3 is 345 Å². The molecule has 4 aliphatic rings. The number of hydrogen-bond donors (Lipinski definition) is 12. The number of nitrogens with zero attached hydrogens (tertiary/aromatic N) is 6. The van der Waals surface area contributed by atoms with Crippen molar-refractivity contribution in [3.8, 4) is 0 Å².